The number of benzene rings is 1. The minimum atomic E-state index is -0.254. The molecule has 0 radical (unpaired) electrons. The van der Waals surface area contributed by atoms with Crippen LogP contribution in [0, 0.1) is 0 Å². The van der Waals surface area contributed by atoms with Gasteiger partial charge in [-0.3, -0.25) is 9.69 Å². The van der Waals surface area contributed by atoms with E-state index in [4.69, 9.17) is 4.52 Å². The van der Waals surface area contributed by atoms with E-state index >= 15 is 0 Å². The summed E-state index contributed by atoms with van der Waals surface area (Å²) in [6.45, 7) is 5.12. The van der Waals surface area contributed by atoms with Crippen molar-refractivity contribution in [2.24, 2.45) is 0 Å². The minimum absolute atomic E-state index is 0.254. The summed E-state index contributed by atoms with van der Waals surface area (Å²) in [5.74, 6) is 1.00. The van der Waals surface area contributed by atoms with Crippen LogP contribution in [0.1, 0.15) is 45.9 Å². The van der Waals surface area contributed by atoms with Crippen molar-refractivity contribution >= 4 is 22.9 Å². The summed E-state index contributed by atoms with van der Waals surface area (Å²) in [5.41, 5.74) is 1.97. The summed E-state index contributed by atoms with van der Waals surface area (Å²) in [6, 6.07) is 7.78. The Labute approximate surface area is 161 Å². The van der Waals surface area contributed by atoms with Crippen LogP contribution >= 0.6 is 11.3 Å². The molecule has 0 saturated heterocycles. The molecule has 3 aromatic rings. The van der Waals surface area contributed by atoms with Gasteiger partial charge < -0.3 is 9.84 Å². The quantitative estimate of drug-likeness (QED) is 0.636. The number of nitrogens with one attached hydrogen (secondary N) is 1. The Hall–Kier alpha value is -2.65. The molecule has 1 N–H and O–H groups in total. The van der Waals surface area contributed by atoms with Crippen molar-refractivity contribution < 1.29 is 9.32 Å². The maximum absolute atomic E-state index is 12.3. The standard InChI is InChI=1S/C18H22N6O2S/c1-4-12-6-8-13(9-7-12)19-17(25)18-22-21-16(27-18)11-24(3)10-15-20-14(5-2)23-26-15/h6-9H,4-5,10-11H2,1-3H3,(H,19,25). The molecule has 9 heteroatoms. The Morgan fingerprint density at radius 3 is 2.59 bits per heavy atom. The van der Waals surface area contributed by atoms with Crippen LogP contribution in [-0.2, 0) is 25.9 Å². The van der Waals surface area contributed by atoms with Crippen molar-refractivity contribution in [3.05, 3.63) is 51.6 Å². The van der Waals surface area contributed by atoms with E-state index in [9.17, 15) is 4.79 Å². The minimum Gasteiger partial charge on any atom is -0.338 e. The van der Waals surface area contributed by atoms with E-state index in [2.05, 4.69) is 32.6 Å². The van der Waals surface area contributed by atoms with Gasteiger partial charge in [-0.25, -0.2) is 0 Å². The van der Waals surface area contributed by atoms with Gasteiger partial charge in [0.25, 0.3) is 5.91 Å². The fourth-order valence-corrected chi connectivity index (χ4v) is 3.25. The summed E-state index contributed by atoms with van der Waals surface area (Å²) >= 11 is 1.27. The van der Waals surface area contributed by atoms with Gasteiger partial charge in [0.05, 0.1) is 13.1 Å². The monoisotopic (exact) mass is 386 g/mol. The molecule has 8 nitrogen and oxygen atoms in total. The molecule has 0 aliphatic rings. The number of carbonyl (C=O) groups is 1. The Morgan fingerprint density at radius 1 is 1.15 bits per heavy atom. The van der Waals surface area contributed by atoms with Crippen molar-refractivity contribution in [1.82, 2.24) is 25.2 Å². The van der Waals surface area contributed by atoms with E-state index < -0.39 is 0 Å². The first-order valence-electron chi connectivity index (χ1n) is 8.80. The topological polar surface area (TPSA) is 97.0 Å². The average Bonchev–Trinajstić information content (AvgIpc) is 3.31. The lowest BCUT2D eigenvalue weighted by Crippen LogP contribution is -2.17. The molecule has 27 heavy (non-hydrogen) atoms. The molecule has 0 aliphatic carbocycles. The fraction of sp³-hybridized carbons (Fsp3) is 0.389. The van der Waals surface area contributed by atoms with Crippen molar-refractivity contribution in [3.8, 4) is 0 Å². The van der Waals surface area contributed by atoms with E-state index in [0.29, 0.717) is 29.8 Å². The number of carbonyl (C=O) groups excluding carboxylic acids is 1. The molecule has 2 aromatic heterocycles. The van der Waals surface area contributed by atoms with Crippen LogP contribution in [-0.4, -0.2) is 38.2 Å². The zero-order chi connectivity index (χ0) is 19.2. The van der Waals surface area contributed by atoms with Gasteiger partial charge in [-0.2, -0.15) is 4.98 Å². The molecule has 0 unspecified atom stereocenters. The number of amides is 1. The Balaban J connectivity index is 1.55. The third kappa shape index (κ3) is 5.18. The van der Waals surface area contributed by atoms with E-state index in [-0.39, 0.29) is 5.91 Å². The van der Waals surface area contributed by atoms with Gasteiger partial charge in [0.2, 0.25) is 10.9 Å². The molecule has 0 saturated carbocycles. The van der Waals surface area contributed by atoms with Gasteiger partial charge in [-0.15, -0.1) is 10.2 Å². The molecule has 2 heterocycles. The first-order chi connectivity index (χ1) is 13.1. The van der Waals surface area contributed by atoms with Gasteiger partial charge in [0.15, 0.2) is 5.82 Å². The molecule has 0 spiro atoms. The second kappa shape index (κ2) is 8.83. The highest BCUT2D eigenvalue weighted by Gasteiger charge is 2.15. The highest BCUT2D eigenvalue weighted by Crippen LogP contribution is 2.16. The lowest BCUT2D eigenvalue weighted by atomic mass is 10.1. The van der Waals surface area contributed by atoms with Crippen LogP contribution in [0.2, 0.25) is 0 Å². The third-order valence-corrected chi connectivity index (χ3v) is 4.82. The molecule has 0 fully saturated rings. The van der Waals surface area contributed by atoms with Crippen molar-refractivity contribution in [2.75, 3.05) is 12.4 Å². The summed E-state index contributed by atoms with van der Waals surface area (Å²) in [7, 11) is 1.92. The molecular formula is C18H22N6O2S. The molecule has 3 rings (SSSR count). The Bertz CT molecular complexity index is 889. The zero-order valence-corrected chi connectivity index (χ0v) is 16.4. The maximum Gasteiger partial charge on any atom is 0.286 e. The van der Waals surface area contributed by atoms with E-state index in [1.807, 2.05) is 43.1 Å². The number of hydrogen-bond acceptors (Lipinski definition) is 8. The van der Waals surface area contributed by atoms with Gasteiger partial charge in [-0.05, 0) is 31.2 Å². The van der Waals surface area contributed by atoms with Crippen molar-refractivity contribution in [1.29, 1.82) is 0 Å². The summed E-state index contributed by atoms with van der Waals surface area (Å²) in [5, 5.41) is 15.9. The molecule has 1 aromatic carbocycles. The third-order valence-electron chi connectivity index (χ3n) is 3.92. The number of aromatic nitrogens is 4. The normalized spacial score (nSPS) is 11.1. The molecule has 0 atom stereocenters. The van der Waals surface area contributed by atoms with E-state index in [0.717, 1.165) is 23.5 Å². The highest BCUT2D eigenvalue weighted by atomic mass is 32.1. The van der Waals surface area contributed by atoms with Crippen molar-refractivity contribution in [2.45, 2.75) is 39.8 Å². The van der Waals surface area contributed by atoms with Crippen LogP contribution in [0.4, 0.5) is 5.69 Å². The average molecular weight is 386 g/mol. The van der Waals surface area contributed by atoms with Gasteiger partial charge in [-0.1, -0.05) is 42.5 Å². The second-order valence-electron chi connectivity index (χ2n) is 6.14. The SMILES string of the molecule is CCc1ccc(NC(=O)c2nnc(CN(C)Cc3nc(CC)no3)s2)cc1. The molecule has 0 bridgehead atoms. The molecule has 0 aliphatic heterocycles. The van der Waals surface area contributed by atoms with Crippen LogP contribution in [0.15, 0.2) is 28.8 Å². The Kier molecular flexibility index (Phi) is 6.25. The van der Waals surface area contributed by atoms with Crippen molar-refractivity contribution in [3.63, 3.8) is 0 Å². The lowest BCUT2D eigenvalue weighted by Gasteiger charge is -2.10. The van der Waals surface area contributed by atoms with Gasteiger partial charge >= 0.3 is 0 Å². The maximum atomic E-state index is 12.3. The molecular weight excluding hydrogens is 364 g/mol. The first-order valence-corrected chi connectivity index (χ1v) is 9.61. The van der Waals surface area contributed by atoms with Gasteiger partial charge in [0.1, 0.15) is 5.01 Å². The number of nitrogens with zero attached hydrogens (tertiary/aromatic N) is 5. The van der Waals surface area contributed by atoms with Crippen LogP contribution in [0.25, 0.3) is 0 Å². The fourth-order valence-electron chi connectivity index (χ4n) is 2.43. The van der Waals surface area contributed by atoms with Gasteiger partial charge in [0, 0.05) is 12.1 Å². The van der Waals surface area contributed by atoms with Crippen LogP contribution < -0.4 is 5.32 Å². The molecule has 142 valence electrons. The van der Waals surface area contributed by atoms with Crippen LogP contribution in [0.3, 0.4) is 0 Å². The number of aryl methyl sites for hydroxylation is 2. The second-order valence-corrected chi connectivity index (χ2v) is 7.20. The summed E-state index contributed by atoms with van der Waals surface area (Å²) in [6.07, 6.45) is 1.70. The summed E-state index contributed by atoms with van der Waals surface area (Å²) < 4.78 is 5.19. The predicted octanol–water partition coefficient (Wildman–Crippen LogP) is 2.93. The number of anilines is 1. The van der Waals surface area contributed by atoms with E-state index in [1.54, 1.807) is 0 Å². The highest BCUT2D eigenvalue weighted by molar-refractivity contribution is 7.13. The summed E-state index contributed by atoms with van der Waals surface area (Å²) in [4.78, 5) is 18.6. The number of rotatable bonds is 8. The zero-order valence-electron chi connectivity index (χ0n) is 15.6. The van der Waals surface area contributed by atoms with E-state index in [1.165, 1.54) is 16.9 Å². The predicted molar refractivity (Wildman–Crippen MR) is 103 cm³/mol. The Morgan fingerprint density at radius 2 is 1.93 bits per heavy atom. The lowest BCUT2D eigenvalue weighted by molar-refractivity contribution is 0.102. The molecule has 1 amide bonds. The largest absolute Gasteiger partial charge is 0.338 e. The van der Waals surface area contributed by atoms with Crippen LogP contribution in [0.5, 0.6) is 0 Å². The number of hydrogen-bond donors (Lipinski definition) is 1. The first kappa shape index (κ1) is 19.1. The smallest absolute Gasteiger partial charge is 0.286 e.